The summed E-state index contributed by atoms with van der Waals surface area (Å²) >= 11 is 0. The van der Waals surface area contributed by atoms with E-state index in [9.17, 15) is 0 Å². The van der Waals surface area contributed by atoms with Crippen molar-refractivity contribution >= 4 is 28.0 Å². The van der Waals surface area contributed by atoms with Crippen molar-refractivity contribution in [1.29, 1.82) is 0 Å². The van der Waals surface area contributed by atoms with Crippen LogP contribution in [0.3, 0.4) is 0 Å². The zero-order valence-electron chi connectivity index (χ0n) is 14.9. The second-order valence-electron chi connectivity index (χ2n) is 7.00. The van der Waals surface area contributed by atoms with Crippen LogP contribution in [0.4, 0.5) is 5.82 Å². The van der Waals surface area contributed by atoms with Crippen molar-refractivity contribution in [3.05, 3.63) is 48.3 Å². The number of anilines is 1. The molecule has 4 aromatic rings. The fraction of sp³-hybridized carbons (Fsp3) is 0.316. The van der Waals surface area contributed by atoms with Crippen molar-refractivity contribution in [2.24, 2.45) is 5.73 Å². The number of piperidine rings is 1. The molecule has 0 amide bonds. The van der Waals surface area contributed by atoms with Crippen molar-refractivity contribution < 1.29 is 0 Å². The summed E-state index contributed by atoms with van der Waals surface area (Å²) in [4.78, 5) is 15.8. The zero-order valence-corrected chi connectivity index (χ0v) is 14.9. The van der Waals surface area contributed by atoms with Crippen LogP contribution in [0.25, 0.3) is 22.2 Å². The Morgan fingerprint density at radius 3 is 3.07 bits per heavy atom. The van der Waals surface area contributed by atoms with E-state index in [4.69, 9.17) is 10.7 Å². The van der Waals surface area contributed by atoms with Crippen LogP contribution in [0.15, 0.2) is 42.7 Å². The van der Waals surface area contributed by atoms with Gasteiger partial charge in [0, 0.05) is 30.7 Å². The lowest BCUT2D eigenvalue weighted by Gasteiger charge is -2.31. The maximum absolute atomic E-state index is 6.11. The number of fused-ring (bicyclic) bond motifs is 2. The van der Waals surface area contributed by atoms with E-state index in [-0.39, 0.29) is 6.04 Å². The summed E-state index contributed by atoms with van der Waals surface area (Å²) in [6, 6.07) is 10.4. The van der Waals surface area contributed by atoms with Gasteiger partial charge in [0.15, 0.2) is 5.65 Å². The highest BCUT2D eigenvalue weighted by Crippen LogP contribution is 2.20. The summed E-state index contributed by atoms with van der Waals surface area (Å²) in [5.41, 5.74) is 9.46. The number of benzene rings is 1. The Balaban J connectivity index is 1.48. The standard InChI is InChI=1S/C19H20N8/c20-15-4-2-8-26(12-15)17-10-22-18-19(23-17)27(25-24-18)11-13-5-6-16-14(9-13)3-1-7-21-16/h1,3,5-7,9-10,15H,2,4,8,11-12,20H2/t15-/m1/s1. The van der Waals surface area contributed by atoms with E-state index >= 15 is 0 Å². The van der Waals surface area contributed by atoms with Crippen LogP contribution >= 0.6 is 0 Å². The highest BCUT2D eigenvalue weighted by Gasteiger charge is 2.19. The van der Waals surface area contributed by atoms with Gasteiger partial charge in [-0.2, -0.15) is 0 Å². The van der Waals surface area contributed by atoms with Crippen LogP contribution < -0.4 is 10.6 Å². The third-order valence-electron chi connectivity index (χ3n) is 5.00. The molecule has 2 N–H and O–H groups in total. The molecule has 4 heterocycles. The fourth-order valence-electron chi connectivity index (χ4n) is 3.62. The van der Waals surface area contributed by atoms with Crippen LogP contribution in [0.5, 0.6) is 0 Å². The first-order valence-electron chi connectivity index (χ1n) is 9.17. The van der Waals surface area contributed by atoms with Gasteiger partial charge in [-0.25, -0.2) is 14.6 Å². The number of hydrogen-bond acceptors (Lipinski definition) is 7. The number of hydrogen-bond donors (Lipinski definition) is 1. The van der Waals surface area contributed by atoms with Crippen molar-refractivity contribution in [1.82, 2.24) is 29.9 Å². The topological polar surface area (TPSA) is 98.6 Å². The van der Waals surface area contributed by atoms with E-state index < -0.39 is 0 Å². The molecule has 0 unspecified atom stereocenters. The molecule has 0 radical (unpaired) electrons. The lowest BCUT2D eigenvalue weighted by molar-refractivity contribution is 0.503. The summed E-state index contributed by atoms with van der Waals surface area (Å²) in [6.45, 7) is 2.34. The molecule has 0 bridgehead atoms. The Bertz CT molecular complexity index is 1110. The molecule has 8 nitrogen and oxygen atoms in total. The Labute approximate surface area is 156 Å². The molecule has 136 valence electrons. The van der Waals surface area contributed by atoms with Gasteiger partial charge in [0.2, 0.25) is 5.65 Å². The Morgan fingerprint density at radius 1 is 1.19 bits per heavy atom. The van der Waals surface area contributed by atoms with Gasteiger partial charge in [0.05, 0.1) is 18.3 Å². The lowest BCUT2D eigenvalue weighted by Crippen LogP contribution is -2.43. The van der Waals surface area contributed by atoms with E-state index in [2.05, 4.69) is 43.4 Å². The van der Waals surface area contributed by atoms with E-state index in [1.807, 2.05) is 12.1 Å². The van der Waals surface area contributed by atoms with E-state index in [1.54, 1.807) is 17.1 Å². The molecular formula is C19H20N8. The van der Waals surface area contributed by atoms with Gasteiger partial charge in [-0.15, -0.1) is 5.10 Å². The minimum absolute atomic E-state index is 0.186. The fourth-order valence-corrected chi connectivity index (χ4v) is 3.62. The van der Waals surface area contributed by atoms with Crippen molar-refractivity contribution in [3.63, 3.8) is 0 Å². The zero-order chi connectivity index (χ0) is 18.2. The Kier molecular flexibility index (Phi) is 3.90. The molecule has 27 heavy (non-hydrogen) atoms. The molecular weight excluding hydrogens is 340 g/mol. The average Bonchev–Trinajstić information content (AvgIpc) is 3.10. The molecule has 1 saturated heterocycles. The molecule has 5 rings (SSSR count). The van der Waals surface area contributed by atoms with Crippen molar-refractivity contribution in [3.8, 4) is 0 Å². The molecule has 3 aromatic heterocycles. The highest BCUT2D eigenvalue weighted by molar-refractivity contribution is 5.79. The summed E-state index contributed by atoms with van der Waals surface area (Å²) in [7, 11) is 0. The maximum atomic E-state index is 6.11. The van der Waals surface area contributed by atoms with Crippen molar-refractivity contribution in [2.75, 3.05) is 18.0 Å². The van der Waals surface area contributed by atoms with Crippen molar-refractivity contribution in [2.45, 2.75) is 25.4 Å². The molecule has 1 aliphatic heterocycles. The molecule has 1 atom stereocenters. The predicted octanol–water partition coefficient (Wildman–Crippen LogP) is 1.75. The predicted molar refractivity (Wildman–Crippen MR) is 103 cm³/mol. The maximum Gasteiger partial charge on any atom is 0.221 e. The number of nitrogens with zero attached hydrogens (tertiary/aromatic N) is 7. The normalized spacial score (nSPS) is 17.7. The molecule has 0 saturated carbocycles. The largest absolute Gasteiger partial charge is 0.354 e. The van der Waals surface area contributed by atoms with Crippen LogP contribution in [0, 0.1) is 0 Å². The molecule has 0 spiro atoms. The van der Waals surface area contributed by atoms with Gasteiger partial charge in [-0.3, -0.25) is 4.98 Å². The van der Waals surface area contributed by atoms with Gasteiger partial charge in [0.25, 0.3) is 0 Å². The van der Waals surface area contributed by atoms with Gasteiger partial charge >= 0.3 is 0 Å². The van der Waals surface area contributed by atoms with Gasteiger partial charge in [0.1, 0.15) is 5.82 Å². The number of pyridine rings is 1. The molecule has 1 fully saturated rings. The van der Waals surface area contributed by atoms with E-state index in [0.717, 1.165) is 48.2 Å². The number of aromatic nitrogens is 6. The van der Waals surface area contributed by atoms with Crippen LogP contribution in [-0.4, -0.2) is 49.1 Å². The van der Waals surface area contributed by atoms with E-state index in [0.29, 0.717) is 17.8 Å². The molecule has 0 aliphatic carbocycles. The van der Waals surface area contributed by atoms with Crippen LogP contribution in [-0.2, 0) is 6.54 Å². The average molecular weight is 360 g/mol. The quantitative estimate of drug-likeness (QED) is 0.594. The van der Waals surface area contributed by atoms with Gasteiger partial charge in [-0.1, -0.05) is 17.3 Å². The van der Waals surface area contributed by atoms with E-state index in [1.165, 1.54) is 0 Å². The molecule has 8 heteroatoms. The first kappa shape index (κ1) is 16.1. The molecule has 1 aliphatic rings. The minimum atomic E-state index is 0.186. The summed E-state index contributed by atoms with van der Waals surface area (Å²) < 4.78 is 1.80. The minimum Gasteiger partial charge on any atom is -0.354 e. The third-order valence-corrected chi connectivity index (χ3v) is 5.00. The Morgan fingerprint density at radius 2 is 2.15 bits per heavy atom. The van der Waals surface area contributed by atoms with Crippen LogP contribution in [0.2, 0.25) is 0 Å². The lowest BCUT2D eigenvalue weighted by atomic mass is 10.1. The van der Waals surface area contributed by atoms with Crippen LogP contribution in [0.1, 0.15) is 18.4 Å². The van der Waals surface area contributed by atoms with Gasteiger partial charge in [-0.05, 0) is 36.6 Å². The smallest absolute Gasteiger partial charge is 0.221 e. The second-order valence-corrected chi connectivity index (χ2v) is 7.00. The second kappa shape index (κ2) is 6.55. The number of nitrogens with two attached hydrogens (primary N) is 1. The summed E-state index contributed by atoms with van der Waals surface area (Å²) in [6.07, 6.45) is 5.70. The summed E-state index contributed by atoms with van der Waals surface area (Å²) in [5, 5.41) is 9.52. The summed E-state index contributed by atoms with van der Waals surface area (Å²) in [5.74, 6) is 0.837. The molecule has 1 aromatic carbocycles. The number of rotatable bonds is 3. The third kappa shape index (κ3) is 3.08. The Hall–Kier alpha value is -3.13. The first-order valence-corrected chi connectivity index (χ1v) is 9.17. The monoisotopic (exact) mass is 360 g/mol. The van der Waals surface area contributed by atoms with Gasteiger partial charge < -0.3 is 10.6 Å². The first-order chi connectivity index (χ1) is 13.3. The highest BCUT2D eigenvalue weighted by atomic mass is 15.5. The SMILES string of the molecule is N[C@@H]1CCCN(c2cnc3nnn(Cc4ccc5ncccc5c4)c3n2)C1.